The maximum absolute atomic E-state index is 12.0. The van der Waals surface area contributed by atoms with E-state index in [-0.39, 0.29) is 24.4 Å². The van der Waals surface area contributed by atoms with Gasteiger partial charge in [0.2, 0.25) is 11.8 Å². The fourth-order valence-corrected chi connectivity index (χ4v) is 2.24. The average Bonchev–Trinajstić information content (AvgIpc) is 2.42. The molecule has 2 rings (SSSR count). The van der Waals surface area contributed by atoms with Gasteiger partial charge in [-0.2, -0.15) is 0 Å². The standard InChI is InChI=1S/C15H20N2O2/c1-3-11(2)16-14(18)10-17-13-7-5-4-6-12(13)8-9-15(17)19/h4-7,11H,3,8-10H2,1-2H3,(H,16,18). The van der Waals surface area contributed by atoms with E-state index < -0.39 is 0 Å². The van der Waals surface area contributed by atoms with Gasteiger partial charge in [-0.05, 0) is 31.4 Å². The molecule has 4 heteroatoms. The highest BCUT2D eigenvalue weighted by Gasteiger charge is 2.25. The molecule has 0 saturated carbocycles. The molecule has 1 unspecified atom stereocenters. The Hall–Kier alpha value is -1.84. The first-order chi connectivity index (χ1) is 9.11. The number of aryl methyl sites for hydroxylation is 1. The summed E-state index contributed by atoms with van der Waals surface area (Å²) >= 11 is 0. The molecule has 0 spiro atoms. The normalized spacial score (nSPS) is 15.9. The quantitative estimate of drug-likeness (QED) is 0.898. The number of hydrogen-bond acceptors (Lipinski definition) is 2. The Labute approximate surface area is 113 Å². The summed E-state index contributed by atoms with van der Waals surface area (Å²) in [5.74, 6) is -0.0718. The number of hydrogen-bond donors (Lipinski definition) is 1. The summed E-state index contributed by atoms with van der Waals surface area (Å²) in [5.41, 5.74) is 2.01. The molecule has 0 radical (unpaired) electrons. The first kappa shape index (κ1) is 13.6. The molecule has 1 N–H and O–H groups in total. The van der Waals surface area contributed by atoms with Gasteiger partial charge in [0.25, 0.3) is 0 Å². The van der Waals surface area contributed by atoms with E-state index in [9.17, 15) is 9.59 Å². The Balaban J connectivity index is 2.11. The molecule has 4 nitrogen and oxygen atoms in total. The fourth-order valence-electron chi connectivity index (χ4n) is 2.24. The molecule has 0 aliphatic carbocycles. The van der Waals surface area contributed by atoms with Crippen LogP contribution in [0.5, 0.6) is 0 Å². The van der Waals surface area contributed by atoms with E-state index >= 15 is 0 Å². The first-order valence-electron chi connectivity index (χ1n) is 6.79. The van der Waals surface area contributed by atoms with Crippen LogP contribution in [0.2, 0.25) is 0 Å². The highest BCUT2D eigenvalue weighted by atomic mass is 16.2. The molecular formula is C15H20N2O2. The molecule has 1 aromatic rings. The Bertz CT molecular complexity index is 485. The number of nitrogens with one attached hydrogen (secondary N) is 1. The van der Waals surface area contributed by atoms with Crippen molar-refractivity contribution < 1.29 is 9.59 Å². The molecule has 1 atom stereocenters. The summed E-state index contributed by atoms with van der Waals surface area (Å²) in [6.07, 6.45) is 2.13. The zero-order chi connectivity index (χ0) is 13.8. The molecule has 0 bridgehead atoms. The second kappa shape index (κ2) is 5.87. The van der Waals surface area contributed by atoms with Crippen LogP contribution < -0.4 is 10.2 Å². The van der Waals surface area contributed by atoms with E-state index in [1.54, 1.807) is 4.90 Å². The van der Waals surface area contributed by atoms with Crippen LogP contribution in [0.25, 0.3) is 0 Å². The number of benzene rings is 1. The first-order valence-corrected chi connectivity index (χ1v) is 6.79. The Morgan fingerprint density at radius 2 is 2.11 bits per heavy atom. The van der Waals surface area contributed by atoms with Gasteiger partial charge in [0.1, 0.15) is 6.54 Å². The lowest BCUT2D eigenvalue weighted by Gasteiger charge is -2.29. The predicted molar refractivity (Wildman–Crippen MR) is 75.0 cm³/mol. The topological polar surface area (TPSA) is 49.4 Å². The summed E-state index contributed by atoms with van der Waals surface area (Å²) in [6.45, 7) is 4.09. The summed E-state index contributed by atoms with van der Waals surface area (Å²) in [4.78, 5) is 25.5. The average molecular weight is 260 g/mol. The molecule has 1 heterocycles. The number of anilines is 1. The second-order valence-corrected chi connectivity index (χ2v) is 4.99. The molecule has 1 aliphatic rings. The summed E-state index contributed by atoms with van der Waals surface area (Å²) < 4.78 is 0. The van der Waals surface area contributed by atoms with E-state index in [0.717, 1.165) is 24.1 Å². The lowest BCUT2D eigenvalue weighted by atomic mass is 10.0. The predicted octanol–water partition coefficient (Wildman–Crippen LogP) is 1.88. The van der Waals surface area contributed by atoms with E-state index in [0.29, 0.717) is 6.42 Å². The minimum atomic E-state index is -0.0978. The van der Waals surface area contributed by atoms with E-state index in [1.807, 2.05) is 38.1 Å². The highest BCUT2D eigenvalue weighted by Crippen LogP contribution is 2.26. The van der Waals surface area contributed by atoms with Crippen molar-refractivity contribution in [3.05, 3.63) is 29.8 Å². The molecule has 0 saturated heterocycles. The maximum atomic E-state index is 12.0. The SMILES string of the molecule is CCC(C)NC(=O)CN1C(=O)CCc2ccccc21. The third-order valence-electron chi connectivity index (χ3n) is 3.51. The summed E-state index contributed by atoms with van der Waals surface area (Å²) in [5, 5.41) is 2.90. The fraction of sp³-hybridized carbons (Fsp3) is 0.467. The van der Waals surface area contributed by atoms with E-state index in [4.69, 9.17) is 0 Å². The van der Waals surface area contributed by atoms with Gasteiger partial charge in [-0.25, -0.2) is 0 Å². The van der Waals surface area contributed by atoms with Crippen molar-refractivity contribution >= 4 is 17.5 Å². The Morgan fingerprint density at radius 3 is 2.84 bits per heavy atom. The van der Waals surface area contributed by atoms with Gasteiger partial charge in [-0.15, -0.1) is 0 Å². The van der Waals surface area contributed by atoms with Crippen LogP contribution in [-0.4, -0.2) is 24.4 Å². The van der Waals surface area contributed by atoms with E-state index in [1.165, 1.54) is 0 Å². The Kier molecular flexibility index (Phi) is 4.20. The number of nitrogens with zero attached hydrogens (tertiary/aromatic N) is 1. The van der Waals surface area contributed by atoms with Gasteiger partial charge in [0.15, 0.2) is 0 Å². The third-order valence-corrected chi connectivity index (χ3v) is 3.51. The number of rotatable bonds is 4. The summed E-state index contributed by atoms with van der Waals surface area (Å²) in [7, 11) is 0. The van der Waals surface area contributed by atoms with Gasteiger partial charge in [-0.1, -0.05) is 25.1 Å². The molecule has 1 aliphatic heterocycles. The van der Waals surface area contributed by atoms with Crippen molar-refractivity contribution in [2.24, 2.45) is 0 Å². The van der Waals surface area contributed by atoms with Gasteiger partial charge < -0.3 is 10.2 Å². The zero-order valence-corrected chi connectivity index (χ0v) is 11.5. The lowest BCUT2D eigenvalue weighted by molar-refractivity contribution is -0.124. The second-order valence-electron chi connectivity index (χ2n) is 4.99. The van der Waals surface area contributed by atoms with Crippen LogP contribution in [0.4, 0.5) is 5.69 Å². The lowest BCUT2D eigenvalue weighted by Crippen LogP contribution is -2.45. The van der Waals surface area contributed by atoms with Crippen LogP contribution in [0.3, 0.4) is 0 Å². The number of carbonyl (C=O) groups is 2. The molecule has 1 aromatic carbocycles. The van der Waals surface area contributed by atoms with Gasteiger partial charge in [-0.3, -0.25) is 9.59 Å². The van der Waals surface area contributed by atoms with Crippen LogP contribution in [0.1, 0.15) is 32.3 Å². The van der Waals surface area contributed by atoms with Crippen molar-refractivity contribution in [2.45, 2.75) is 39.2 Å². The smallest absolute Gasteiger partial charge is 0.240 e. The van der Waals surface area contributed by atoms with Crippen LogP contribution in [0.15, 0.2) is 24.3 Å². The highest BCUT2D eigenvalue weighted by molar-refractivity contribution is 6.01. The molecule has 102 valence electrons. The number of carbonyl (C=O) groups excluding carboxylic acids is 2. The van der Waals surface area contributed by atoms with Crippen molar-refractivity contribution in [3.8, 4) is 0 Å². The Morgan fingerprint density at radius 1 is 1.37 bits per heavy atom. The number of fused-ring (bicyclic) bond motifs is 1. The molecule has 0 aromatic heterocycles. The molecule has 2 amide bonds. The molecule has 0 fully saturated rings. The van der Waals surface area contributed by atoms with Gasteiger partial charge in [0, 0.05) is 18.2 Å². The monoisotopic (exact) mass is 260 g/mol. The maximum Gasteiger partial charge on any atom is 0.240 e. The van der Waals surface area contributed by atoms with Crippen LogP contribution >= 0.6 is 0 Å². The van der Waals surface area contributed by atoms with Crippen molar-refractivity contribution in [1.82, 2.24) is 5.32 Å². The van der Waals surface area contributed by atoms with Crippen molar-refractivity contribution in [2.75, 3.05) is 11.4 Å². The third kappa shape index (κ3) is 3.13. The van der Waals surface area contributed by atoms with Gasteiger partial charge in [0.05, 0.1) is 0 Å². The van der Waals surface area contributed by atoms with Crippen molar-refractivity contribution in [1.29, 1.82) is 0 Å². The summed E-state index contributed by atoms with van der Waals surface area (Å²) in [6, 6.07) is 7.93. The number of amides is 2. The van der Waals surface area contributed by atoms with Crippen molar-refractivity contribution in [3.63, 3.8) is 0 Å². The van der Waals surface area contributed by atoms with Gasteiger partial charge >= 0.3 is 0 Å². The zero-order valence-electron chi connectivity index (χ0n) is 11.5. The minimum absolute atomic E-state index is 0.0259. The minimum Gasteiger partial charge on any atom is -0.352 e. The van der Waals surface area contributed by atoms with Crippen LogP contribution in [-0.2, 0) is 16.0 Å². The molecule has 19 heavy (non-hydrogen) atoms. The number of para-hydroxylation sites is 1. The van der Waals surface area contributed by atoms with E-state index in [2.05, 4.69) is 5.32 Å². The van der Waals surface area contributed by atoms with Crippen LogP contribution in [0, 0.1) is 0 Å². The molecular weight excluding hydrogens is 240 g/mol. The largest absolute Gasteiger partial charge is 0.352 e.